The summed E-state index contributed by atoms with van der Waals surface area (Å²) in [6, 6.07) is 4.15. The van der Waals surface area contributed by atoms with E-state index in [1.165, 1.54) is 0 Å². The summed E-state index contributed by atoms with van der Waals surface area (Å²) in [6.07, 6.45) is 0. The van der Waals surface area contributed by atoms with Crippen LogP contribution < -0.4 is 9.47 Å². The van der Waals surface area contributed by atoms with Crippen LogP contribution in [0.15, 0.2) is 12.1 Å². The van der Waals surface area contributed by atoms with Crippen LogP contribution in [0.25, 0.3) is 21.8 Å². The highest BCUT2D eigenvalue weighted by atomic mass is 16.5. The lowest BCUT2D eigenvalue weighted by atomic mass is 10.1. The third kappa shape index (κ3) is 1.32. The van der Waals surface area contributed by atoms with E-state index in [-0.39, 0.29) is 0 Å². The molecule has 2 N–H and O–H groups in total. The fraction of sp³-hybridized carbons (Fsp3) is 0.286. The predicted molar refractivity (Wildman–Crippen MR) is 72.7 cm³/mol. The van der Waals surface area contributed by atoms with Crippen molar-refractivity contribution in [3.05, 3.63) is 23.5 Å². The molecule has 0 bridgehead atoms. The molecule has 18 heavy (non-hydrogen) atoms. The average Bonchev–Trinajstić information content (AvgIpc) is 2.87. The monoisotopic (exact) mass is 244 g/mol. The van der Waals surface area contributed by atoms with Gasteiger partial charge in [-0.2, -0.15) is 0 Å². The van der Waals surface area contributed by atoms with Crippen LogP contribution in [-0.4, -0.2) is 24.2 Å². The molecule has 1 aromatic carbocycles. The fourth-order valence-electron chi connectivity index (χ4n) is 2.59. The van der Waals surface area contributed by atoms with Crippen molar-refractivity contribution in [2.24, 2.45) is 0 Å². The maximum Gasteiger partial charge on any atom is 0.152 e. The minimum Gasteiger partial charge on any atom is -0.494 e. The third-order valence-corrected chi connectivity index (χ3v) is 3.26. The highest BCUT2D eigenvalue weighted by Gasteiger charge is 2.18. The summed E-state index contributed by atoms with van der Waals surface area (Å²) in [5.74, 6) is 1.72. The zero-order valence-electron chi connectivity index (χ0n) is 11.0. The number of rotatable bonds is 2. The fourth-order valence-corrected chi connectivity index (χ4v) is 2.59. The Hall–Kier alpha value is -2.10. The normalized spacial score (nSPS) is 11.3. The Bertz CT molecular complexity index is 620. The molecule has 3 aromatic rings. The van der Waals surface area contributed by atoms with Gasteiger partial charge in [0.2, 0.25) is 0 Å². The van der Waals surface area contributed by atoms with Crippen molar-refractivity contribution in [1.82, 2.24) is 9.97 Å². The second kappa shape index (κ2) is 3.70. The Labute approximate surface area is 105 Å². The smallest absolute Gasteiger partial charge is 0.152 e. The largest absolute Gasteiger partial charge is 0.494 e. The maximum absolute atomic E-state index is 5.56. The molecule has 0 saturated heterocycles. The van der Waals surface area contributed by atoms with Gasteiger partial charge in [-0.3, -0.25) is 0 Å². The number of nitrogens with one attached hydrogen (secondary N) is 2. The molecule has 4 heteroatoms. The topological polar surface area (TPSA) is 50.0 Å². The summed E-state index contributed by atoms with van der Waals surface area (Å²) >= 11 is 0. The number of aromatic amines is 2. The molecule has 2 aromatic heterocycles. The van der Waals surface area contributed by atoms with Gasteiger partial charge in [0.15, 0.2) is 11.5 Å². The van der Waals surface area contributed by atoms with Crippen molar-refractivity contribution >= 4 is 21.8 Å². The number of H-pyrrole nitrogens is 2. The lowest BCUT2D eigenvalue weighted by molar-refractivity contribution is 0.417. The number of ether oxygens (including phenoxy) is 2. The number of methoxy groups -OCH3 is 2. The Kier molecular flexibility index (Phi) is 2.26. The summed E-state index contributed by atoms with van der Waals surface area (Å²) in [7, 11) is 3.39. The molecule has 0 fully saturated rings. The van der Waals surface area contributed by atoms with Crippen LogP contribution in [0.2, 0.25) is 0 Å². The van der Waals surface area contributed by atoms with E-state index < -0.39 is 0 Å². The molecule has 94 valence electrons. The average molecular weight is 244 g/mol. The van der Waals surface area contributed by atoms with Crippen molar-refractivity contribution < 1.29 is 9.47 Å². The van der Waals surface area contributed by atoms with Crippen LogP contribution in [0.3, 0.4) is 0 Å². The van der Waals surface area contributed by atoms with Gasteiger partial charge in [0, 0.05) is 22.2 Å². The summed E-state index contributed by atoms with van der Waals surface area (Å²) in [5.41, 5.74) is 4.15. The number of aromatic nitrogens is 2. The second-order valence-electron chi connectivity index (χ2n) is 4.55. The number of hydrogen-bond donors (Lipinski definition) is 2. The first-order valence-electron chi connectivity index (χ1n) is 5.88. The van der Waals surface area contributed by atoms with Gasteiger partial charge < -0.3 is 19.4 Å². The van der Waals surface area contributed by atoms with Crippen molar-refractivity contribution in [1.29, 1.82) is 0 Å². The number of hydrogen-bond acceptors (Lipinski definition) is 2. The molecule has 0 spiro atoms. The highest BCUT2D eigenvalue weighted by Crippen LogP contribution is 2.42. The second-order valence-corrected chi connectivity index (χ2v) is 4.55. The van der Waals surface area contributed by atoms with Crippen molar-refractivity contribution in [2.45, 2.75) is 13.8 Å². The summed E-state index contributed by atoms with van der Waals surface area (Å²) in [5, 5.41) is 2.09. The SMILES string of the molecule is COc1c2cc(C)[nH]c2c(OC)c2cc(C)[nH]c12. The summed E-state index contributed by atoms with van der Waals surface area (Å²) in [4.78, 5) is 6.67. The van der Waals surface area contributed by atoms with Gasteiger partial charge in [0.1, 0.15) is 0 Å². The van der Waals surface area contributed by atoms with Crippen molar-refractivity contribution in [2.75, 3.05) is 14.2 Å². The van der Waals surface area contributed by atoms with E-state index in [1.807, 2.05) is 13.8 Å². The highest BCUT2D eigenvalue weighted by molar-refractivity contribution is 6.09. The van der Waals surface area contributed by atoms with Crippen LogP contribution in [-0.2, 0) is 0 Å². The first kappa shape index (κ1) is 11.0. The molecule has 0 aliphatic rings. The molecule has 0 unspecified atom stereocenters. The van der Waals surface area contributed by atoms with Gasteiger partial charge in [-0.25, -0.2) is 0 Å². The zero-order valence-corrected chi connectivity index (χ0v) is 11.0. The Morgan fingerprint density at radius 2 is 1.17 bits per heavy atom. The summed E-state index contributed by atoms with van der Waals surface area (Å²) < 4.78 is 11.1. The Balaban J connectivity index is 2.58. The van der Waals surface area contributed by atoms with Gasteiger partial charge in [-0.05, 0) is 26.0 Å². The molecule has 0 aliphatic heterocycles. The maximum atomic E-state index is 5.56. The quantitative estimate of drug-likeness (QED) is 0.726. The molecule has 0 amide bonds. The van der Waals surface area contributed by atoms with Crippen LogP contribution in [0, 0.1) is 13.8 Å². The Morgan fingerprint density at radius 3 is 1.50 bits per heavy atom. The van der Waals surface area contributed by atoms with E-state index in [9.17, 15) is 0 Å². The third-order valence-electron chi connectivity index (χ3n) is 3.26. The van der Waals surface area contributed by atoms with Gasteiger partial charge in [0.25, 0.3) is 0 Å². The minimum atomic E-state index is 0.859. The zero-order chi connectivity index (χ0) is 12.9. The van der Waals surface area contributed by atoms with E-state index in [0.29, 0.717) is 0 Å². The lowest BCUT2D eigenvalue weighted by Gasteiger charge is -2.09. The van der Waals surface area contributed by atoms with Gasteiger partial charge in [-0.1, -0.05) is 0 Å². The molecule has 0 aliphatic carbocycles. The van der Waals surface area contributed by atoms with Gasteiger partial charge >= 0.3 is 0 Å². The van der Waals surface area contributed by atoms with E-state index in [4.69, 9.17) is 9.47 Å². The van der Waals surface area contributed by atoms with Crippen LogP contribution >= 0.6 is 0 Å². The van der Waals surface area contributed by atoms with Gasteiger partial charge in [-0.15, -0.1) is 0 Å². The first-order chi connectivity index (χ1) is 8.65. The lowest BCUT2D eigenvalue weighted by Crippen LogP contribution is -1.90. The number of fused-ring (bicyclic) bond motifs is 2. The van der Waals surface area contributed by atoms with E-state index in [2.05, 4.69) is 22.1 Å². The number of benzene rings is 1. The Morgan fingerprint density at radius 1 is 0.778 bits per heavy atom. The van der Waals surface area contributed by atoms with Crippen LogP contribution in [0.1, 0.15) is 11.4 Å². The molecule has 0 radical (unpaired) electrons. The molecule has 4 nitrogen and oxygen atoms in total. The molecule has 0 atom stereocenters. The number of aryl methyl sites for hydroxylation is 2. The molecule has 2 heterocycles. The minimum absolute atomic E-state index is 0.859. The molecule has 3 rings (SSSR count). The van der Waals surface area contributed by atoms with E-state index in [0.717, 1.165) is 44.7 Å². The first-order valence-corrected chi connectivity index (χ1v) is 5.88. The van der Waals surface area contributed by atoms with Crippen LogP contribution in [0.4, 0.5) is 0 Å². The van der Waals surface area contributed by atoms with E-state index >= 15 is 0 Å². The van der Waals surface area contributed by atoms with Gasteiger partial charge in [0.05, 0.1) is 25.3 Å². The van der Waals surface area contributed by atoms with Crippen LogP contribution in [0.5, 0.6) is 11.5 Å². The molecule has 0 saturated carbocycles. The van der Waals surface area contributed by atoms with E-state index in [1.54, 1.807) is 14.2 Å². The molecular weight excluding hydrogens is 228 g/mol. The predicted octanol–water partition coefficient (Wildman–Crippen LogP) is 3.28. The van der Waals surface area contributed by atoms with Crippen molar-refractivity contribution in [3.8, 4) is 11.5 Å². The van der Waals surface area contributed by atoms with Crippen molar-refractivity contribution in [3.63, 3.8) is 0 Å². The standard InChI is InChI=1S/C14H16N2O2/c1-7-5-9-11(15-7)14(18-4)10-6-8(2)16-12(10)13(9)17-3/h5-6,15-16H,1-4H3. The summed E-state index contributed by atoms with van der Waals surface area (Å²) in [6.45, 7) is 4.05. The molecular formula is C14H16N2O2.